The minimum Gasteiger partial charge on any atom is -0.430 e. The van der Waals surface area contributed by atoms with Crippen LogP contribution in [0.2, 0.25) is 0 Å². The Morgan fingerprint density at radius 3 is 2.59 bits per heavy atom. The third-order valence-corrected chi connectivity index (χ3v) is 3.52. The van der Waals surface area contributed by atoms with Crippen molar-refractivity contribution in [1.29, 1.82) is 0 Å². The number of nitrogens with zero attached hydrogens (tertiary/aromatic N) is 2. The first-order chi connectivity index (χ1) is 7.95. The molecule has 2 rings (SSSR count). The second-order valence-corrected chi connectivity index (χ2v) is 6.92. The minimum absolute atomic E-state index is 0.112. The summed E-state index contributed by atoms with van der Waals surface area (Å²) in [6.45, 7) is 6.52. The van der Waals surface area contributed by atoms with Crippen LogP contribution in [0.1, 0.15) is 26.3 Å². The zero-order valence-electron chi connectivity index (χ0n) is 9.90. The quantitative estimate of drug-likeness (QED) is 0.825. The average molecular weight is 313 g/mol. The van der Waals surface area contributed by atoms with E-state index in [1.807, 2.05) is 18.2 Å². The molecule has 1 aromatic carbocycles. The standard InChI is InChI=1S/C12H13BrN2OS/c1-12(2,3)8-5-4-6-9(7-8)16-11-15-14-10(13)17-11/h4-7H,1-3H3. The van der Waals surface area contributed by atoms with Gasteiger partial charge in [0.25, 0.3) is 5.19 Å². The van der Waals surface area contributed by atoms with Crippen LogP contribution >= 0.6 is 27.3 Å². The van der Waals surface area contributed by atoms with E-state index >= 15 is 0 Å². The normalized spacial score (nSPS) is 11.5. The van der Waals surface area contributed by atoms with Crippen molar-refractivity contribution in [1.82, 2.24) is 10.2 Å². The summed E-state index contributed by atoms with van der Waals surface area (Å²) >= 11 is 4.62. The minimum atomic E-state index is 0.112. The molecule has 3 nitrogen and oxygen atoms in total. The summed E-state index contributed by atoms with van der Waals surface area (Å²) in [5, 5.41) is 8.29. The summed E-state index contributed by atoms with van der Waals surface area (Å²) < 4.78 is 6.37. The van der Waals surface area contributed by atoms with Crippen molar-refractivity contribution in [2.75, 3.05) is 0 Å². The fourth-order valence-corrected chi connectivity index (χ4v) is 2.30. The first kappa shape index (κ1) is 12.5. The van der Waals surface area contributed by atoms with E-state index in [0.29, 0.717) is 5.19 Å². The van der Waals surface area contributed by atoms with Crippen LogP contribution in [0, 0.1) is 0 Å². The van der Waals surface area contributed by atoms with Crippen molar-refractivity contribution in [3.8, 4) is 10.9 Å². The van der Waals surface area contributed by atoms with Crippen LogP contribution < -0.4 is 4.74 Å². The second kappa shape index (κ2) is 4.74. The molecule has 0 aliphatic carbocycles. The second-order valence-electron chi connectivity index (χ2n) is 4.70. The van der Waals surface area contributed by atoms with Gasteiger partial charge in [0.05, 0.1) is 0 Å². The zero-order chi connectivity index (χ0) is 12.5. The summed E-state index contributed by atoms with van der Waals surface area (Å²) in [7, 11) is 0. The maximum absolute atomic E-state index is 5.65. The Bertz CT molecular complexity index is 519. The molecule has 0 unspecified atom stereocenters. The molecule has 90 valence electrons. The molecule has 0 saturated heterocycles. The summed E-state index contributed by atoms with van der Waals surface area (Å²) in [4.78, 5) is 0. The first-order valence-electron chi connectivity index (χ1n) is 5.22. The van der Waals surface area contributed by atoms with Crippen molar-refractivity contribution in [2.24, 2.45) is 0 Å². The molecule has 0 spiro atoms. The van der Waals surface area contributed by atoms with E-state index in [1.165, 1.54) is 16.9 Å². The molecule has 17 heavy (non-hydrogen) atoms. The molecule has 0 atom stereocenters. The molecule has 0 bridgehead atoms. The van der Waals surface area contributed by atoms with Gasteiger partial charge in [-0.25, -0.2) is 0 Å². The van der Waals surface area contributed by atoms with Crippen LogP contribution in [-0.2, 0) is 5.41 Å². The molecule has 0 aliphatic heterocycles. The van der Waals surface area contributed by atoms with Crippen molar-refractivity contribution in [3.63, 3.8) is 0 Å². The lowest BCUT2D eigenvalue weighted by Gasteiger charge is -2.19. The number of hydrogen-bond acceptors (Lipinski definition) is 4. The number of benzene rings is 1. The zero-order valence-corrected chi connectivity index (χ0v) is 12.3. The number of hydrogen-bond donors (Lipinski definition) is 0. The molecule has 1 heterocycles. The van der Waals surface area contributed by atoms with E-state index in [2.05, 4.69) is 53.0 Å². The van der Waals surface area contributed by atoms with Gasteiger partial charge in [-0.1, -0.05) is 38.0 Å². The van der Waals surface area contributed by atoms with Gasteiger partial charge < -0.3 is 4.74 Å². The van der Waals surface area contributed by atoms with Crippen molar-refractivity contribution in [3.05, 3.63) is 33.7 Å². The molecular formula is C12H13BrN2OS. The fraction of sp³-hybridized carbons (Fsp3) is 0.333. The van der Waals surface area contributed by atoms with Gasteiger partial charge in [-0.2, -0.15) is 0 Å². The highest BCUT2D eigenvalue weighted by molar-refractivity contribution is 9.11. The van der Waals surface area contributed by atoms with Crippen LogP contribution in [0.25, 0.3) is 0 Å². The summed E-state index contributed by atoms with van der Waals surface area (Å²) in [6, 6.07) is 8.05. The predicted octanol–water partition coefficient (Wildman–Crippen LogP) is 4.39. The van der Waals surface area contributed by atoms with Gasteiger partial charge in [-0.15, -0.1) is 5.10 Å². The highest BCUT2D eigenvalue weighted by atomic mass is 79.9. The Balaban J connectivity index is 2.22. The molecule has 5 heteroatoms. The van der Waals surface area contributed by atoms with Crippen LogP contribution in [0.3, 0.4) is 0 Å². The molecule has 0 amide bonds. The molecule has 0 radical (unpaired) electrons. The van der Waals surface area contributed by atoms with Crippen molar-refractivity contribution >= 4 is 27.3 Å². The fourth-order valence-electron chi connectivity index (χ4n) is 1.36. The van der Waals surface area contributed by atoms with E-state index < -0.39 is 0 Å². The highest BCUT2D eigenvalue weighted by Gasteiger charge is 2.14. The van der Waals surface area contributed by atoms with Crippen LogP contribution in [-0.4, -0.2) is 10.2 Å². The van der Waals surface area contributed by atoms with Gasteiger partial charge in [-0.3, -0.25) is 0 Å². The summed E-state index contributed by atoms with van der Waals surface area (Å²) in [6.07, 6.45) is 0. The van der Waals surface area contributed by atoms with Crippen LogP contribution in [0.15, 0.2) is 28.2 Å². The molecule has 0 saturated carbocycles. The van der Waals surface area contributed by atoms with Crippen LogP contribution in [0.5, 0.6) is 10.9 Å². The van der Waals surface area contributed by atoms with Crippen LogP contribution in [0.4, 0.5) is 0 Å². The number of aromatic nitrogens is 2. The van der Waals surface area contributed by atoms with Gasteiger partial charge in [0.1, 0.15) is 5.75 Å². The topological polar surface area (TPSA) is 35.0 Å². The van der Waals surface area contributed by atoms with Gasteiger partial charge in [0.2, 0.25) is 0 Å². The van der Waals surface area contributed by atoms with E-state index in [0.717, 1.165) is 9.67 Å². The average Bonchev–Trinajstić information content (AvgIpc) is 2.63. The number of ether oxygens (including phenoxy) is 1. The van der Waals surface area contributed by atoms with Gasteiger partial charge in [-0.05, 0) is 50.4 Å². The molecule has 0 N–H and O–H groups in total. The molecule has 1 aromatic heterocycles. The lowest BCUT2D eigenvalue weighted by Crippen LogP contribution is -2.10. The van der Waals surface area contributed by atoms with E-state index in [-0.39, 0.29) is 5.41 Å². The monoisotopic (exact) mass is 312 g/mol. The lowest BCUT2D eigenvalue weighted by atomic mass is 9.87. The summed E-state index contributed by atoms with van der Waals surface area (Å²) in [5.74, 6) is 0.793. The van der Waals surface area contributed by atoms with E-state index in [9.17, 15) is 0 Å². The Morgan fingerprint density at radius 1 is 1.24 bits per heavy atom. The first-order valence-corrected chi connectivity index (χ1v) is 6.83. The van der Waals surface area contributed by atoms with Crippen molar-refractivity contribution in [2.45, 2.75) is 26.2 Å². The smallest absolute Gasteiger partial charge is 0.300 e. The Hall–Kier alpha value is -0.940. The molecule has 0 aliphatic rings. The summed E-state index contributed by atoms with van der Waals surface area (Å²) in [5.41, 5.74) is 1.35. The lowest BCUT2D eigenvalue weighted by molar-refractivity contribution is 0.469. The Morgan fingerprint density at radius 2 is 2.00 bits per heavy atom. The molecule has 0 fully saturated rings. The molecular weight excluding hydrogens is 300 g/mol. The Labute approximate surface area is 113 Å². The third-order valence-electron chi connectivity index (χ3n) is 2.29. The maximum atomic E-state index is 5.65. The Kier molecular flexibility index (Phi) is 3.49. The van der Waals surface area contributed by atoms with Gasteiger partial charge in [0, 0.05) is 0 Å². The van der Waals surface area contributed by atoms with Crippen molar-refractivity contribution < 1.29 is 4.74 Å². The predicted molar refractivity (Wildman–Crippen MR) is 72.8 cm³/mol. The number of rotatable bonds is 2. The highest BCUT2D eigenvalue weighted by Crippen LogP contribution is 2.30. The van der Waals surface area contributed by atoms with Gasteiger partial charge in [0.15, 0.2) is 3.92 Å². The number of halogens is 1. The maximum Gasteiger partial charge on any atom is 0.300 e. The van der Waals surface area contributed by atoms with E-state index in [1.54, 1.807) is 0 Å². The third kappa shape index (κ3) is 3.26. The SMILES string of the molecule is CC(C)(C)c1cccc(Oc2nnc(Br)s2)c1. The van der Waals surface area contributed by atoms with E-state index in [4.69, 9.17) is 4.74 Å². The van der Waals surface area contributed by atoms with Gasteiger partial charge >= 0.3 is 0 Å². The largest absolute Gasteiger partial charge is 0.430 e. The molecule has 2 aromatic rings.